The van der Waals surface area contributed by atoms with Crippen molar-refractivity contribution < 1.29 is 24.8 Å². The Kier molecular flexibility index (Phi) is 19.4. The maximum Gasteiger partial charge on any atom is 0.503 e. The molecule has 0 aliphatic heterocycles. The van der Waals surface area contributed by atoms with E-state index in [1.807, 2.05) is 0 Å². The number of hydrogen-bond donors (Lipinski definition) is 2. The van der Waals surface area contributed by atoms with Gasteiger partial charge in [0, 0.05) is 0 Å². The van der Waals surface area contributed by atoms with Crippen LogP contribution in [-0.4, -0.2) is 29.6 Å². The maximum atomic E-state index is 8.56. The van der Waals surface area contributed by atoms with E-state index in [4.69, 9.17) is 24.8 Å². The lowest BCUT2D eigenvalue weighted by atomic mass is 10.0. The van der Waals surface area contributed by atoms with E-state index in [1.54, 1.807) is 0 Å². The molecule has 5 heteroatoms. The first-order valence-corrected chi connectivity index (χ1v) is 8.67. The topological polar surface area (TPSA) is 76.0 Å². The van der Waals surface area contributed by atoms with Crippen LogP contribution in [0.25, 0.3) is 0 Å². The van der Waals surface area contributed by atoms with Crippen molar-refractivity contribution in [3.05, 3.63) is 0 Å². The van der Waals surface area contributed by atoms with Gasteiger partial charge < -0.3 is 10.2 Å². The third-order valence-electron chi connectivity index (χ3n) is 3.78. The van der Waals surface area contributed by atoms with E-state index in [-0.39, 0.29) is 0 Å². The molecule has 0 aliphatic carbocycles. The Morgan fingerprint density at radius 1 is 0.818 bits per heavy atom. The summed E-state index contributed by atoms with van der Waals surface area (Å²) in [6, 6.07) is 0. The van der Waals surface area contributed by atoms with E-state index < -0.39 is 6.16 Å². The summed E-state index contributed by atoms with van der Waals surface area (Å²) in [5, 5.41) is 13.9. The second-order valence-electron chi connectivity index (χ2n) is 5.68. The molecule has 0 bridgehead atoms. The van der Waals surface area contributed by atoms with Gasteiger partial charge in [0.05, 0.1) is 13.2 Å². The van der Waals surface area contributed by atoms with Crippen LogP contribution in [0.1, 0.15) is 79.1 Å². The minimum Gasteiger partial charge on any atom is -0.450 e. The van der Waals surface area contributed by atoms with Crippen LogP contribution in [0.5, 0.6) is 0 Å². The predicted octanol–water partition coefficient (Wildman–Crippen LogP) is 5.59. The molecular weight excluding hydrogens is 284 g/mol. The third-order valence-corrected chi connectivity index (χ3v) is 3.78. The van der Waals surface area contributed by atoms with Crippen LogP contribution in [0.4, 0.5) is 4.79 Å². The van der Waals surface area contributed by atoms with Crippen LogP contribution in [0.2, 0.25) is 0 Å². The number of unbranched alkanes of at least 4 members (excludes halogenated alkanes) is 2. The summed E-state index contributed by atoms with van der Waals surface area (Å²) in [6.07, 6.45) is 8.23. The molecule has 22 heavy (non-hydrogen) atoms. The molecule has 0 amide bonds. The Bertz CT molecular complexity index is 211. The lowest BCUT2D eigenvalue weighted by molar-refractivity contribution is -0.308. The van der Waals surface area contributed by atoms with Gasteiger partial charge in [-0.1, -0.05) is 66.2 Å². The second kappa shape index (κ2) is 18.2. The summed E-state index contributed by atoms with van der Waals surface area (Å²) in [5.41, 5.74) is 0. The Hall–Kier alpha value is -0.810. The van der Waals surface area contributed by atoms with Crippen molar-refractivity contribution in [1.29, 1.82) is 0 Å². The van der Waals surface area contributed by atoms with Gasteiger partial charge in [-0.2, -0.15) is 0 Å². The Morgan fingerprint density at radius 2 is 1.14 bits per heavy atom. The van der Waals surface area contributed by atoms with Crippen molar-refractivity contribution in [2.45, 2.75) is 79.1 Å². The van der Waals surface area contributed by atoms with Crippen LogP contribution in [-0.2, 0) is 9.78 Å². The van der Waals surface area contributed by atoms with Crippen molar-refractivity contribution in [3.63, 3.8) is 0 Å². The van der Waals surface area contributed by atoms with E-state index in [2.05, 4.69) is 27.7 Å². The van der Waals surface area contributed by atoms with Gasteiger partial charge in [0.2, 0.25) is 0 Å². The highest BCUT2D eigenvalue weighted by Gasteiger charge is 2.09. The molecule has 0 heterocycles. The monoisotopic (exact) mass is 320 g/mol. The molecule has 0 aromatic heterocycles. The smallest absolute Gasteiger partial charge is 0.450 e. The first-order chi connectivity index (χ1) is 10.5. The fraction of sp³-hybridized carbons (Fsp3) is 0.941. The molecule has 0 aliphatic rings. The van der Waals surface area contributed by atoms with Crippen molar-refractivity contribution >= 4 is 6.16 Å². The Morgan fingerprint density at radius 3 is 1.36 bits per heavy atom. The van der Waals surface area contributed by atoms with Gasteiger partial charge in [-0.15, -0.1) is 0 Å². The van der Waals surface area contributed by atoms with Gasteiger partial charge in [0.15, 0.2) is 0 Å². The SMILES string of the molecule is CCCCC(CC)COOCC(CC)CCCC.O=C(O)O. The van der Waals surface area contributed by atoms with Crippen molar-refractivity contribution in [1.82, 2.24) is 0 Å². The van der Waals surface area contributed by atoms with E-state index in [0.29, 0.717) is 11.8 Å². The molecular formula is C17H36O5. The second-order valence-corrected chi connectivity index (χ2v) is 5.68. The molecule has 0 radical (unpaired) electrons. The molecule has 134 valence electrons. The number of carboxylic acid groups (broad SMARTS) is 2. The van der Waals surface area contributed by atoms with Crippen LogP contribution >= 0.6 is 0 Å². The molecule has 2 N–H and O–H groups in total. The summed E-state index contributed by atoms with van der Waals surface area (Å²) in [4.78, 5) is 19.3. The van der Waals surface area contributed by atoms with Crippen LogP contribution in [0.15, 0.2) is 0 Å². The van der Waals surface area contributed by atoms with Crippen molar-refractivity contribution in [2.24, 2.45) is 11.8 Å². The Balaban J connectivity index is 0. The average Bonchev–Trinajstić information content (AvgIpc) is 2.49. The molecule has 2 unspecified atom stereocenters. The van der Waals surface area contributed by atoms with Gasteiger partial charge in [-0.25, -0.2) is 14.6 Å². The molecule has 0 rings (SSSR count). The van der Waals surface area contributed by atoms with E-state index in [9.17, 15) is 0 Å². The van der Waals surface area contributed by atoms with E-state index in [0.717, 1.165) is 13.2 Å². The summed E-state index contributed by atoms with van der Waals surface area (Å²) in [5.74, 6) is 1.33. The first kappa shape index (κ1) is 23.5. The summed E-state index contributed by atoms with van der Waals surface area (Å²) in [6.45, 7) is 10.5. The fourth-order valence-electron chi connectivity index (χ4n) is 2.08. The third kappa shape index (κ3) is 19.2. The summed E-state index contributed by atoms with van der Waals surface area (Å²) in [7, 11) is 0. The van der Waals surface area contributed by atoms with Crippen LogP contribution in [0.3, 0.4) is 0 Å². The zero-order valence-electron chi connectivity index (χ0n) is 14.8. The van der Waals surface area contributed by atoms with Gasteiger partial charge in [-0.05, 0) is 24.7 Å². The van der Waals surface area contributed by atoms with Crippen molar-refractivity contribution in [3.8, 4) is 0 Å². The van der Waals surface area contributed by atoms with Gasteiger partial charge in [-0.3, -0.25) is 0 Å². The minimum absolute atomic E-state index is 0.667. The summed E-state index contributed by atoms with van der Waals surface area (Å²) >= 11 is 0. The zero-order valence-corrected chi connectivity index (χ0v) is 14.8. The van der Waals surface area contributed by atoms with Gasteiger partial charge in [0.1, 0.15) is 0 Å². The van der Waals surface area contributed by atoms with E-state index in [1.165, 1.54) is 51.4 Å². The normalized spacial score (nSPS) is 13.1. The molecule has 0 saturated carbocycles. The van der Waals surface area contributed by atoms with Crippen LogP contribution < -0.4 is 0 Å². The standard InChI is InChI=1S/C16H34O2.CH2O3/c1-5-9-11-15(7-3)13-17-18-14-16(8-4)12-10-6-2;2-1(3)4/h15-16H,5-14H2,1-4H3;(H2,2,3,4). The molecule has 0 aromatic carbocycles. The molecule has 0 saturated heterocycles. The first-order valence-electron chi connectivity index (χ1n) is 8.67. The molecule has 5 nitrogen and oxygen atoms in total. The largest absolute Gasteiger partial charge is 0.503 e. The van der Waals surface area contributed by atoms with Crippen molar-refractivity contribution in [2.75, 3.05) is 13.2 Å². The lowest BCUT2D eigenvalue weighted by Gasteiger charge is -2.16. The highest BCUT2D eigenvalue weighted by Crippen LogP contribution is 2.15. The fourth-order valence-corrected chi connectivity index (χ4v) is 2.08. The maximum absolute atomic E-state index is 8.56. The Labute approximate surface area is 135 Å². The van der Waals surface area contributed by atoms with E-state index >= 15 is 0 Å². The van der Waals surface area contributed by atoms with Crippen LogP contribution in [0, 0.1) is 11.8 Å². The van der Waals surface area contributed by atoms with Gasteiger partial charge >= 0.3 is 6.16 Å². The van der Waals surface area contributed by atoms with Gasteiger partial charge in [0.25, 0.3) is 0 Å². The number of hydrogen-bond acceptors (Lipinski definition) is 3. The zero-order chi connectivity index (χ0) is 17.2. The predicted molar refractivity (Wildman–Crippen MR) is 89.2 cm³/mol. The molecule has 0 spiro atoms. The summed E-state index contributed by atoms with van der Waals surface area (Å²) < 4.78 is 0. The molecule has 2 atom stereocenters. The molecule has 0 aromatic rings. The number of carbonyl (C=O) groups is 1. The minimum atomic E-state index is -1.83. The molecule has 0 fully saturated rings. The highest BCUT2D eigenvalue weighted by molar-refractivity contribution is 5.53. The highest BCUT2D eigenvalue weighted by atomic mass is 17.2. The lowest BCUT2D eigenvalue weighted by Crippen LogP contribution is -2.13. The quantitative estimate of drug-likeness (QED) is 0.263. The number of rotatable bonds is 13. The average molecular weight is 320 g/mol.